The van der Waals surface area contributed by atoms with Gasteiger partial charge >= 0.3 is 0 Å². The second-order valence-electron chi connectivity index (χ2n) is 9.05. The summed E-state index contributed by atoms with van der Waals surface area (Å²) >= 11 is 0. The first kappa shape index (κ1) is 15.9. The molecule has 2 aromatic rings. The predicted octanol–water partition coefficient (Wildman–Crippen LogP) is 7.26. The molecule has 3 aliphatic rings. The lowest BCUT2D eigenvalue weighted by molar-refractivity contribution is 0.118. The van der Waals surface area contributed by atoms with Gasteiger partial charge in [-0.3, -0.25) is 0 Å². The quantitative estimate of drug-likeness (QED) is 0.555. The van der Waals surface area contributed by atoms with Gasteiger partial charge in [-0.1, -0.05) is 101 Å². The number of hydrogen-bond acceptors (Lipinski definition) is 0. The van der Waals surface area contributed by atoms with Gasteiger partial charge in [0.2, 0.25) is 0 Å². The van der Waals surface area contributed by atoms with Gasteiger partial charge in [-0.25, -0.2) is 0 Å². The van der Waals surface area contributed by atoms with Gasteiger partial charge in [0.1, 0.15) is 0 Å². The van der Waals surface area contributed by atoms with Crippen molar-refractivity contribution in [3.63, 3.8) is 0 Å². The Morgan fingerprint density at radius 2 is 1.28 bits per heavy atom. The van der Waals surface area contributed by atoms with Gasteiger partial charge in [0.25, 0.3) is 0 Å². The molecule has 0 heteroatoms. The summed E-state index contributed by atoms with van der Waals surface area (Å²) in [5.41, 5.74) is 3.34. The van der Waals surface area contributed by atoms with Crippen LogP contribution in [0, 0.1) is 17.8 Å². The Hall–Kier alpha value is -1.30. The molecule has 0 nitrogen and oxygen atoms in total. The lowest BCUT2D eigenvalue weighted by Crippen LogP contribution is -2.32. The molecule has 1 atom stereocenters. The van der Waals surface area contributed by atoms with Crippen LogP contribution in [-0.4, -0.2) is 0 Å². The van der Waals surface area contributed by atoms with Crippen LogP contribution in [0.3, 0.4) is 0 Å². The first-order valence-electron chi connectivity index (χ1n) is 10.9. The average molecular weight is 333 g/mol. The lowest BCUT2D eigenvalue weighted by atomic mass is 9.63. The van der Waals surface area contributed by atoms with Gasteiger partial charge in [0.15, 0.2) is 0 Å². The molecule has 1 unspecified atom stereocenters. The van der Waals surface area contributed by atoms with Crippen molar-refractivity contribution >= 4 is 10.8 Å². The molecule has 2 aromatic carbocycles. The lowest BCUT2D eigenvalue weighted by Gasteiger charge is -2.42. The highest BCUT2D eigenvalue weighted by Crippen LogP contribution is 2.52. The van der Waals surface area contributed by atoms with Crippen molar-refractivity contribution in [3.05, 3.63) is 47.5 Å². The molecule has 0 N–H and O–H groups in total. The summed E-state index contributed by atoms with van der Waals surface area (Å²) in [6, 6.07) is 14.1. The van der Waals surface area contributed by atoms with Crippen LogP contribution in [0.2, 0.25) is 0 Å². The summed E-state index contributed by atoms with van der Waals surface area (Å²) in [6.45, 7) is 0. The second-order valence-corrected chi connectivity index (χ2v) is 9.05. The van der Waals surface area contributed by atoms with Crippen LogP contribution in [0.15, 0.2) is 36.4 Å². The standard InChI is InChI=1S/C25H32/c1-3-9-18(10-4-1)24(19-11-5-2-6-12-19)23-17-21-15-7-13-20-14-8-16-22(23)25(20)21/h7-8,13-16,18-19,23-24H,1-6,9-12,17H2. The zero-order chi connectivity index (χ0) is 16.6. The molecule has 0 radical (unpaired) electrons. The van der Waals surface area contributed by atoms with Crippen molar-refractivity contribution in [2.24, 2.45) is 17.8 Å². The summed E-state index contributed by atoms with van der Waals surface area (Å²) in [6.07, 6.45) is 16.2. The zero-order valence-electron chi connectivity index (χ0n) is 15.6. The molecule has 25 heavy (non-hydrogen) atoms. The maximum atomic E-state index is 2.47. The summed E-state index contributed by atoms with van der Waals surface area (Å²) < 4.78 is 0. The van der Waals surface area contributed by atoms with E-state index in [1.54, 1.807) is 16.5 Å². The number of hydrogen-bond donors (Lipinski definition) is 0. The molecule has 132 valence electrons. The van der Waals surface area contributed by atoms with Crippen molar-refractivity contribution in [1.82, 2.24) is 0 Å². The van der Waals surface area contributed by atoms with Crippen LogP contribution in [0.1, 0.15) is 81.3 Å². The molecule has 0 aromatic heterocycles. The molecule has 3 aliphatic carbocycles. The van der Waals surface area contributed by atoms with Crippen molar-refractivity contribution < 1.29 is 0 Å². The molecule has 0 bridgehead atoms. The minimum Gasteiger partial charge on any atom is -0.0614 e. The van der Waals surface area contributed by atoms with Crippen molar-refractivity contribution in [3.8, 4) is 0 Å². The van der Waals surface area contributed by atoms with Gasteiger partial charge in [-0.15, -0.1) is 0 Å². The van der Waals surface area contributed by atoms with Gasteiger partial charge < -0.3 is 0 Å². The van der Waals surface area contributed by atoms with E-state index in [2.05, 4.69) is 36.4 Å². The van der Waals surface area contributed by atoms with Crippen molar-refractivity contribution in [2.75, 3.05) is 0 Å². The highest BCUT2D eigenvalue weighted by atomic mass is 14.4. The van der Waals surface area contributed by atoms with Crippen LogP contribution in [0.5, 0.6) is 0 Å². The monoisotopic (exact) mass is 332 g/mol. The summed E-state index contributed by atoms with van der Waals surface area (Å²) in [7, 11) is 0. The van der Waals surface area contributed by atoms with E-state index in [9.17, 15) is 0 Å². The third kappa shape index (κ3) is 2.82. The van der Waals surface area contributed by atoms with Gasteiger partial charge in [0.05, 0.1) is 0 Å². The number of rotatable bonds is 3. The smallest absolute Gasteiger partial charge is 0.00814 e. The fraction of sp³-hybridized carbons (Fsp3) is 0.600. The van der Waals surface area contributed by atoms with E-state index in [4.69, 9.17) is 0 Å². The van der Waals surface area contributed by atoms with Crippen LogP contribution >= 0.6 is 0 Å². The fourth-order valence-electron chi connectivity index (χ4n) is 6.70. The molecule has 0 spiro atoms. The average Bonchev–Trinajstić information content (AvgIpc) is 3.05. The fourth-order valence-corrected chi connectivity index (χ4v) is 6.70. The normalized spacial score (nSPS) is 25.1. The Balaban J connectivity index is 1.54. The summed E-state index contributed by atoms with van der Waals surface area (Å²) in [5, 5.41) is 3.09. The largest absolute Gasteiger partial charge is 0.0614 e. The van der Waals surface area contributed by atoms with Crippen molar-refractivity contribution in [1.29, 1.82) is 0 Å². The first-order valence-corrected chi connectivity index (χ1v) is 10.9. The summed E-state index contributed by atoms with van der Waals surface area (Å²) in [5.74, 6) is 3.73. The van der Waals surface area contributed by atoms with Crippen LogP contribution in [-0.2, 0) is 6.42 Å². The van der Waals surface area contributed by atoms with Gasteiger partial charge in [-0.05, 0) is 52.0 Å². The highest BCUT2D eigenvalue weighted by Gasteiger charge is 2.40. The highest BCUT2D eigenvalue weighted by molar-refractivity contribution is 5.91. The van der Waals surface area contributed by atoms with E-state index in [0.717, 1.165) is 23.7 Å². The van der Waals surface area contributed by atoms with Crippen molar-refractivity contribution in [2.45, 2.75) is 76.5 Å². The van der Waals surface area contributed by atoms with Gasteiger partial charge in [-0.2, -0.15) is 0 Å². The maximum Gasteiger partial charge on any atom is -0.00814 e. The molecule has 0 heterocycles. The zero-order valence-corrected chi connectivity index (χ0v) is 15.6. The number of benzene rings is 2. The summed E-state index contributed by atoms with van der Waals surface area (Å²) in [4.78, 5) is 0. The second kappa shape index (κ2) is 6.78. The van der Waals surface area contributed by atoms with Crippen LogP contribution in [0.4, 0.5) is 0 Å². The van der Waals surface area contributed by atoms with E-state index < -0.39 is 0 Å². The Morgan fingerprint density at radius 3 is 1.92 bits per heavy atom. The minimum atomic E-state index is 0.798. The maximum absolute atomic E-state index is 2.47. The molecular weight excluding hydrogens is 300 g/mol. The SMILES string of the molecule is c1cc2c3c(cccc3c1)C(C(C1CCCCC1)C1CCCCC1)C2. The van der Waals surface area contributed by atoms with E-state index in [0.29, 0.717) is 0 Å². The van der Waals surface area contributed by atoms with Crippen LogP contribution in [0.25, 0.3) is 10.8 Å². The Bertz CT molecular complexity index is 708. The molecule has 0 saturated heterocycles. The molecule has 0 aliphatic heterocycles. The van der Waals surface area contributed by atoms with E-state index in [1.165, 1.54) is 76.0 Å². The molecule has 2 saturated carbocycles. The predicted molar refractivity (Wildman–Crippen MR) is 107 cm³/mol. The minimum absolute atomic E-state index is 0.798. The Kier molecular flexibility index (Phi) is 4.32. The molecule has 0 amide bonds. The molecular formula is C25H32. The first-order chi connectivity index (χ1) is 12.4. The van der Waals surface area contributed by atoms with E-state index in [1.807, 2.05) is 0 Å². The molecule has 2 fully saturated rings. The Labute approximate surface area is 153 Å². The van der Waals surface area contributed by atoms with E-state index >= 15 is 0 Å². The topological polar surface area (TPSA) is 0 Å². The molecule has 5 rings (SSSR count). The van der Waals surface area contributed by atoms with Crippen LogP contribution < -0.4 is 0 Å². The van der Waals surface area contributed by atoms with E-state index in [-0.39, 0.29) is 0 Å². The van der Waals surface area contributed by atoms with Gasteiger partial charge in [0, 0.05) is 0 Å². The third-order valence-electron chi connectivity index (χ3n) is 7.72. The third-order valence-corrected chi connectivity index (χ3v) is 7.72. The Morgan fingerprint density at radius 1 is 0.680 bits per heavy atom.